The van der Waals surface area contributed by atoms with Crippen molar-refractivity contribution in [3.63, 3.8) is 0 Å². The lowest BCUT2D eigenvalue weighted by Crippen LogP contribution is -2.13. The summed E-state index contributed by atoms with van der Waals surface area (Å²) in [5.74, 6) is -0.604. The fourth-order valence-electron chi connectivity index (χ4n) is 1.71. The van der Waals surface area contributed by atoms with Crippen molar-refractivity contribution in [2.45, 2.75) is 4.90 Å². The molecule has 1 heterocycles. The van der Waals surface area contributed by atoms with E-state index >= 15 is 0 Å². The van der Waals surface area contributed by atoms with E-state index in [4.69, 9.17) is 5.73 Å². The number of rotatable bonds is 3. The van der Waals surface area contributed by atoms with Gasteiger partial charge < -0.3 is 5.73 Å². The van der Waals surface area contributed by atoms with Crippen molar-refractivity contribution in [1.82, 2.24) is 4.98 Å². The zero-order valence-electron chi connectivity index (χ0n) is 10.2. The van der Waals surface area contributed by atoms with Crippen molar-refractivity contribution in [2.24, 2.45) is 5.73 Å². The zero-order valence-corrected chi connectivity index (χ0v) is 11.0. The topological polar surface area (TPSA) is 90.1 Å². The predicted molar refractivity (Wildman–Crippen MR) is 71.3 cm³/mol. The highest BCUT2D eigenvalue weighted by atomic mass is 32.2. The maximum absolute atomic E-state index is 11.5. The summed E-state index contributed by atoms with van der Waals surface area (Å²) in [7, 11) is -3.31. The first-order valence-electron chi connectivity index (χ1n) is 5.45. The molecule has 0 bridgehead atoms. The highest BCUT2D eigenvalue weighted by Gasteiger charge is 2.13. The first-order chi connectivity index (χ1) is 8.89. The van der Waals surface area contributed by atoms with Crippen molar-refractivity contribution in [2.75, 3.05) is 6.26 Å². The molecule has 6 heteroatoms. The third-order valence-corrected chi connectivity index (χ3v) is 3.72. The van der Waals surface area contributed by atoms with E-state index in [0.717, 1.165) is 6.26 Å². The second-order valence-electron chi connectivity index (χ2n) is 4.06. The summed E-state index contributed by atoms with van der Waals surface area (Å²) >= 11 is 0. The van der Waals surface area contributed by atoms with Gasteiger partial charge >= 0.3 is 0 Å². The molecule has 0 aliphatic carbocycles. The summed E-state index contributed by atoms with van der Waals surface area (Å²) in [4.78, 5) is 15.6. The average Bonchev–Trinajstić information content (AvgIpc) is 2.38. The number of nitrogens with zero attached hydrogens (tertiary/aromatic N) is 1. The van der Waals surface area contributed by atoms with Crippen LogP contribution in [-0.2, 0) is 9.84 Å². The molecular weight excluding hydrogens is 264 g/mol. The molecule has 0 radical (unpaired) electrons. The van der Waals surface area contributed by atoms with Crippen molar-refractivity contribution in [1.29, 1.82) is 0 Å². The minimum atomic E-state index is -3.31. The van der Waals surface area contributed by atoms with Crippen LogP contribution in [0, 0.1) is 0 Å². The highest BCUT2D eigenvalue weighted by molar-refractivity contribution is 7.90. The highest BCUT2D eigenvalue weighted by Crippen LogP contribution is 2.23. The van der Waals surface area contributed by atoms with Gasteiger partial charge in [-0.1, -0.05) is 12.1 Å². The second kappa shape index (κ2) is 4.81. The molecule has 2 aromatic rings. The Hall–Kier alpha value is -2.21. The minimum Gasteiger partial charge on any atom is -0.366 e. The van der Waals surface area contributed by atoms with E-state index in [1.165, 1.54) is 18.3 Å². The van der Waals surface area contributed by atoms with Gasteiger partial charge in [0.15, 0.2) is 9.84 Å². The van der Waals surface area contributed by atoms with Gasteiger partial charge in [0.25, 0.3) is 5.91 Å². The molecule has 2 rings (SSSR count). The number of carbonyl (C=O) groups is 1. The molecular formula is C13H12N2O3S. The van der Waals surface area contributed by atoms with Crippen molar-refractivity contribution in [3.8, 4) is 11.3 Å². The third-order valence-electron chi connectivity index (χ3n) is 2.61. The summed E-state index contributed by atoms with van der Waals surface area (Å²) in [6, 6.07) is 9.41. The molecule has 98 valence electrons. The number of aromatic nitrogens is 1. The van der Waals surface area contributed by atoms with Crippen LogP contribution in [-0.4, -0.2) is 25.6 Å². The van der Waals surface area contributed by atoms with Gasteiger partial charge in [0.2, 0.25) is 0 Å². The molecule has 0 fully saturated rings. The van der Waals surface area contributed by atoms with E-state index in [1.807, 2.05) is 0 Å². The van der Waals surface area contributed by atoms with E-state index in [1.54, 1.807) is 24.3 Å². The predicted octanol–water partition coefficient (Wildman–Crippen LogP) is 1.25. The number of primary amides is 1. The lowest BCUT2D eigenvalue weighted by molar-refractivity contribution is 0.100. The van der Waals surface area contributed by atoms with Crippen molar-refractivity contribution < 1.29 is 13.2 Å². The lowest BCUT2D eigenvalue weighted by Gasteiger charge is -2.07. The number of nitrogens with two attached hydrogens (primary N) is 1. The van der Waals surface area contributed by atoms with Crippen LogP contribution in [0.15, 0.2) is 47.5 Å². The Kier molecular flexibility index (Phi) is 3.35. The van der Waals surface area contributed by atoms with Crippen molar-refractivity contribution >= 4 is 15.7 Å². The molecule has 0 saturated carbocycles. The largest absolute Gasteiger partial charge is 0.366 e. The Morgan fingerprint density at radius 1 is 1.21 bits per heavy atom. The molecule has 2 N–H and O–H groups in total. The Morgan fingerprint density at radius 2 is 1.95 bits per heavy atom. The van der Waals surface area contributed by atoms with E-state index in [2.05, 4.69) is 4.98 Å². The maximum atomic E-state index is 11.5. The molecule has 1 aromatic carbocycles. The van der Waals surface area contributed by atoms with Crippen molar-refractivity contribution in [3.05, 3.63) is 48.2 Å². The molecule has 1 amide bonds. The number of amides is 1. The first kappa shape index (κ1) is 13.2. The first-order valence-corrected chi connectivity index (χ1v) is 7.34. The Bertz CT molecular complexity index is 739. The normalized spacial score (nSPS) is 11.2. The van der Waals surface area contributed by atoms with Gasteiger partial charge in [0.05, 0.1) is 16.2 Å². The van der Waals surface area contributed by atoms with Crippen LogP contribution in [0.3, 0.4) is 0 Å². The van der Waals surface area contributed by atoms with Gasteiger partial charge in [-0.2, -0.15) is 0 Å². The zero-order chi connectivity index (χ0) is 14.0. The van der Waals surface area contributed by atoms with E-state index in [9.17, 15) is 13.2 Å². The van der Waals surface area contributed by atoms with Crippen LogP contribution < -0.4 is 5.73 Å². The molecule has 19 heavy (non-hydrogen) atoms. The summed E-state index contributed by atoms with van der Waals surface area (Å²) in [5.41, 5.74) is 6.45. The Balaban J connectivity index is 2.64. The molecule has 0 atom stereocenters. The molecule has 0 unspecified atom stereocenters. The van der Waals surface area contributed by atoms with Crippen LogP contribution in [0.5, 0.6) is 0 Å². The number of hydrogen-bond acceptors (Lipinski definition) is 4. The molecule has 1 aromatic heterocycles. The molecule has 0 aliphatic rings. The maximum Gasteiger partial charge on any atom is 0.250 e. The summed E-state index contributed by atoms with van der Waals surface area (Å²) in [5, 5.41) is 0. The lowest BCUT2D eigenvalue weighted by atomic mass is 10.1. The van der Waals surface area contributed by atoms with Gasteiger partial charge in [0, 0.05) is 18.0 Å². The summed E-state index contributed by atoms with van der Waals surface area (Å²) in [6.45, 7) is 0. The fourth-order valence-corrected chi connectivity index (χ4v) is 2.38. The quantitative estimate of drug-likeness (QED) is 0.913. The van der Waals surface area contributed by atoms with E-state index in [-0.39, 0.29) is 10.5 Å². The van der Waals surface area contributed by atoms with Crippen LogP contribution >= 0.6 is 0 Å². The monoisotopic (exact) mass is 276 g/mol. The molecule has 0 aliphatic heterocycles. The van der Waals surface area contributed by atoms with Gasteiger partial charge in [-0.15, -0.1) is 0 Å². The van der Waals surface area contributed by atoms with Gasteiger partial charge in [-0.05, 0) is 24.3 Å². The third kappa shape index (κ3) is 2.79. The molecule has 0 spiro atoms. The summed E-state index contributed by atoms with van der Waals surface area (Å²) in [6.07, 6.45) is 2.65. The van der Waals surface area contributed by atoms with Crippen LogP contribution in [0.25, 0.3) is 11.3 Å². The van der Waals surface area contributed by atoms with Gasteiger partial charge in [-0.25, -0.2) is 8.42 Å². The average molecular weight is 276 g/mol. The number of carbonyl (C=O) groups excluding carboxylic acids is 1. The van der Waals surface area contributed by atoms with Gasteiger partial charge in [-0.3, -0.25) is 9.78 Å². The Morgan fingerprint density at radius 3 is 2.58 bits per heavy atom. The van der Waals surface area contributed by atoms with E-state index < -0.39 is 15.7 Å². The van der Waals surface area contributed by atoms with Crippen LogP contribution in [0.2, 0.25) is 0 Å². The standard InChI is InChI=1S/C13H12N2O3S/c1-19(17,18)10-5-2-4-9(8-10)12-11(13(14)16)6-3-7-15-12/h2-8H,1H3,(H2,14,16). The van der Waals surface area contributed by atoms with Crippen LogP contribution in [0.1, 0.15) is 10.4 Å². The smallest absolute Gasteiger partial charge is 0.250 e. The van der Waals surface area contributed by atoms with Crippen LogP contribution in [0.4, 0.5) is 0 Å². The van der Waals surface area contributed by atoms with E-state index in [0.29, 0.717) is 11.3 Å². The minimum absolute atomic E-state index is 0.172. The number of hydrogen-bond donors (Lipinski definition) is 1. The molecule has 0 saturated heterocycles. The second-order valence-corrected chi connectivity index (χ2v) is 6.08. The number of pyridine rings is 1. The Labute approximate surface area is 111 Å². The summed E-state index contributed by atoms with van der Waals surface area (Å²) < 4.78 is 23.0. The fraction of sp³-hybridized carbons (Fsp3) is 0.0769. The molecule has 5 nitrogen and oxygen atoms in total. The number of benzene rings is 1. The SMILES string of the molecule is CS(=O)(=O)c1cccc(-c2ncccc2C(N)=O)c1. The van der Waals surface area contributed by atoms with Gasteiger partial charge in [0.1, 0.15) is 0 Å². The number of sulfone groups is 1.